The van der Waals surface area contributed by atoms with Crippen molar-refractivity contribution in [1.29, 1.82) is 0 Å². The Bertz CT molecular complexity index is 992. The number of thiophene rings is 1. The highest BCUT2D eigenvalue weighted by Crippen LogP contribution is 2.42. The summed E-state index contributed by atoms with van der Waals surface area (Å²) in [6.45, 7) is -0.742. The molecule has 0 atom stereocenters. The number of alkyl halides is 3. The average Bonchev–Trinajstić information content (AvgIpc) is 3.11. The van der Waals surface area contributed by atoms with Gasteiger partial charge in [-0.3, -0.25) is 0 Å². The molecule has 0 unspecified atom stereocenters. The molecule has 1 heterocycles. The number of halogens is 6. The van der Waals surface area contributed by atoms with Crippen LogP contribution in [0.5, 0.6) is 5.75 Å². The van der Waals surface area contributed by atoms with Crippen molar-refractivity contribution in [2.24, 2.45) is 0 Å². The van der Waals surface area contributed by atoms with Crippen molar-refractivity contribution in [3.8, 4) is 16.9 Å². The lowest BCUT2D eigenvalue weighted by molar-refractivity contribution is -0.135. The van der Waals surface area contributed by atoms with Crippen molar-refractivity contribution >= 4 is 22.9 Å². The molecule has 0 saturated carbocycles. The van der Waals surface area contributed by atoms with E-state index in [9.17, 15) is 22.0 Å². The van der Waals surface area contributed by atoms with E-state index in [2.05, 4.69) is 0 Å². The van der Waals surface area contributed by atoms with E-state index in [-0.39, 0.29) is 36.3 Å². The highest BCUT2D eigenvalue weighted by atomic mass is 35.5. The molecule has 0 aliphatic carbocycles. The van der Waals surface area contributed by atoms with Crippen LogP contribution in [0.4, 0.5) is 22.0 Å². The third-order valence-electron chi connectivity index (χ3n) is 4.39. The summed E-state index contributed by atoms with van der Waals surface area (Å²) < 4.78 is 74.0. The van der Waals surface area contributed by atoms with Gasteiger partial charge in [0.15, 0.2) is 0 Å². The largest absolute Gasteiger partial charge is 0.489 e. The standard InChI is InChI=1S/C21H16ClF5O2S/c22-13-5-3-12(4-6-13)17-11-30-20(21(25,26)27)16(17)10-29-14-8-18(23)15(2-1-7-28)19(24)9-14/h3-6,8-9,11,28H,1-2,7,10H2. The highest BCUT2D eigenvalue weighted by Gasteiger charge is 2.36. The molecule has 0 amide bonds. The molecule has 0 bridgehead atoms. The SMILES string of the molecule is OCCCc1c(F)cc(OCc2c(-c3ccc(Cl)cc3)csc2C(F)(F)F)cc1F. The number of aliphatic hydroxyl groups excluding tert-OH is 1. The second-order valence-electron chi connectivity index (χ2n) is 6.44. The summed E-state index contributed by atoms with van der Waals surface area (Å²) >= 11 is 6.37. The first-order valence-corrected chi connectivity index (χ1v) is 10.1. The maximum atomic E-state index is 14.2. The summed E-state index contributed by atoms with van der Waals surface area (Å²) in [5.41, 5.74) is 0.496. The van der Waals surface area contributed by atoms with Crippen LogP contribution in [0.15, 0.2) is 41.8 Å². The Hall–Kier alpha value is -2.16. The molecule has 1 aromatic heterocycles. The van der Waals surface area contributed by atoms with Gasteiger partial charge in [0.1, 0.15) is 28.9 Å². The maximum Gasteiger partial charge on any atom is 0.426 e. The van der Waals surface area contributed by atoms with Crippen LogP contribution < -0.4 is 4.74 Å². The van der Waals surface area contributed by atoms with Crippen molar-refractivity contribution in [2.75, 3.05) is 6.61 Å². The first-order valence-electron chi connectivity index (χ1n) is 8.85. The van der Waals surface area contributed by atoms with Gasteiger partial charge in [-0.2, -0.15) is 13.2 Å². The molecule has 0 fully saturated rings. The van der Waals surface area contributed by atoms with E-state index < -0.39 is 29.3 Å². The quantitative estimate of drug-likeness (QED) is 0.388. The topological polar surface area (TPSA) is 29.5 Å². The van der Waals surface area contributed by atoms with Gasteiger partial charge in [0.05, 0.1) is 0 Å². The number of aliphatic hydroxyl groups is 1. The second-order valence-corrected chi connectivity index (χ2v) is 7.76. The van der Waals surface area contributed by atoms with Crippen LogP contribution in [-0.4, -0.2) is 11.7 Å². The van der Waals surface area contributed by atoms with Crippen molar-refractivity contribution in [2.45, 2.75) is 25.6 Å². The third kappa shape index (κ3) is 5.11. The van der Waals surface area contributed by atoms with Crippen LogP contribution in [-0.2, 0) is 19.2 Å². The smallest absolute Gasteiger partial charge is 0.426 e. The molecule has 0 radical (unpaired) electrons. The number of rotatable bonds is 7. The van der Waals surface area contributed by atoms with Gasteiger partial charge in [0, 0.05) is 34.9 Å². The molecule has 0 aliphatic heterocycles. The summed E-state index contributed by atoms with van der Waals surface area (Å²) in [5, 5.41) is 10.6. The Labute approximate surface area is 178 Å². The predicted octanol–water partition coefficient (Wildman–Crippen LogP) is 6.87. The Morgan fingerprint density at radius 2 is 1.63 bits per heavy atom. The van der Waals surface area contributed by atoms with Crippen molar-refractivity contribution in [1.82, 2.24) is 0 Å². The average molecular weight is 463 g/mol. The molecule has 9 heteroatoms. The van der Waals surface area contributed by atoms with Crippen LogP contribution in [0.2, 0.25) is 5.02 Å². The zero-order valence-electron chi connectivity index (χ0n) is 15.4. The van der Waals surface area contributed by atoms with Crippen molar-refractivity contribution in [3.05, 3.63) is 74.4 Å². The van der Waals surface area contributed by atoms with Gasteiger partial charge in [0.2, 0.25) is 0 Å². The Kier molecular flexibility index (Phi) is 7.00. The zero-order chi connectivity index (χ0) is 21.9. The van der Waals surface area contributed by atoms with Gasteiger partial charge in [-0.05, 0) is 41.5 Å². The molecule has 30 heavy (non-hydrogen) atoms. The summed E-state index contributed by atoms with van der Waals surface area (Å²) in [6, 6.07) is 8.14. The number of hydrogen-bond donors (Lipinski definition) is 1. The number of hydrogen-bond acceptors (Lipinski definition) is 3. The lowest BCUT2D eigenvalue weighted by atomic mass is 10.0. The molecule has 3 aromatic rings. The molecule has 3 rings (SSSR count). The lowest BCUT2D eigenvalue weighted by Gasteiger charge is -2.13. The third-order valence-corrected chi connectivity index (χ3v) is 5.71. The molecular formula is C21H16ClF5O2S. The van der Waals surface area contributed by atoms with Gasteiger partial charge < -0.3 is 9.84 Å². The number of benzene rings is 2. The molecule has 0 spiro atoms. The maximum absolute atomic E-state index is 14.2. The Balaban J connectivity index is 1.91. The normalized spacial score (nSPS) is 11.7. The zero-order valence-corrected chi connectivity index (χ0v) is 17.0. The highest BCUT2D eigenvalue weighted by molar-refractivity contribution is 7.10. The molecule has 1 N–H and O–H groups in total. The molecule has 0 saturated heterocycles. The van der Waals surface area contributed by atoms with Crippen LogP contribution in [0, 0.1) is 11.6 Å². The molecule has 2 nitrogen and oxygen atoms in total. The summed E-state index contributed by atoms with van der Waals surface area (Å²) in [7, 11) is 0. The van der Waals surface area contributed by atoms with Crippen LogP contribution in [0.1, 0.15) is 22.4 Å². The summed E-state index contributed by atoms with van der Waals surface area (Å²) in [4.78, 5) is -0.840. The minimum atomic E-state index is -4.60. The van der Waals surface area contributed by atoms with E-state index >= 15 is 0 Å². The summed E-state index contributed by atoms with van der Waals surface area (Å²) in [6.07, 6.45) is -4.42. The van der Waals surface area contributed by atoms with E-state index in [1.165, 1.54) is 5.38 Å². The summed E-state index contributed by atoms with van der Waals surface area (Å²) in [5.74, 6) is -1.98. The van der Waals surface area contributed by atoms with Gasteiger partial charge in [0.25, 0.3) is 0 Å². The van der Waals surface area contributed by atoms with Gasteiger partial charge in [-0.25, -0.2) is 8.78 Å². The molecule has 160 valence electrons. The van der Waals surface area contributed by atoms with Crippen molar-refractivity contribution in [3.63, 3.8) is 0 Å². The molecular weight excluding hydrogens is 447 g/mol. The fraction of sp³-hybridized carbons (Fsp3) is 0.238. The monoisotopic (exact) mass is 462 g/mol. The van der Waals surface area contributed by atoms with E-state index in [0.29, 0.717) is 27.5 Å². The van der Waals surface area contributed by atoms with Gasteiger partial charge in [-0.1, -0.05) is 23.7 Å². The second kappa shape index (κ2) is 9.32. The molecule has 0 aliphatic rings. The van der Waals surface area contributed by atoms with Crippen molar-refractivity contribution < 1.29 is 31.8 Å². The van der Waals surface area contributed by atoms with E-state index in [1.807, 2.05) is 0 Å². The Morgan fingerprint density at radius 3 is 2.20 bits per heavy atom. The fourth-order valence-corrected chi connectivity index (χ4v) is 4.03. The van der Waals surface area contributed by atoms with Crippen LogP contribution in [0.3, 0.4) is 0 Å². The van der Waals surface area contributed by atoms with Crippen LogP contribution in [0.25, 0.3) is 11.1 Å². The van der Waals surface area contributed by atoms with Crippen LogP contribution >= 0.6 is 22.9 Å². The van der Waals surface area contributed by atoms with E-state index in [1.54, 1.807) is 24.3 Å². The van der Waals surface area contributed by atoms with E-state index in [0.717, 1.165) is 12.1 Å². The van der Waals surface area contributed by atoms with Gasteiger partial charge >= 0.3 is 6.18 Å². The Morgan fingerprint density at radius 1 is 1.00 bits per heavy atom. The first kappa shape index (κ1) is 22.5. The predicted molar refractivity (Wildman–Crippen MR) is 106 cm³/mol. The number of ether oxygens (including phenoxy) is 1. The first-order chi connectivity index (χ1) is 14.2. The fourth-order valence-electron chi connectivity index (χ4n) is 2.95. The minimum absolute atomic E-state index is 0.00207. The van der Waals surface area contributed by atoms with E-state index in [4.69, 9.17) is 21.4 Å². The van der Waals surface area contributed by atoms with Gasteiger partial charge in [-0.15, -0.1) is 11.3 Å². The lowest BCUT2D eigenvalue weighted by Crippen LogP contribution is -2.09. The minimum Gasteiger partial charge on any atom is -0.489 e. The molecule has 2 aromatic carbocycles.